The number of amides is 1. The highest BCUT2D eigenvalue weighted by Gasteiger charge is 2.33. The molecule has 5 heteroatoms. The molecular weight excluding hydrogens is 294 g/mol. The molecule has 1 aliphatic heterocycles. The van der Waals surface area contributed by atoms with Crippen molar-refractivity contribution in [2.24, 2.45) is 0 Å². The SMILES string of the molecule is COc1ccc2c(c1)C(=CC(=O)O)C(=O)N2Cc1ccccc1. The third-order valence-electron chi connectivity index (χ3n) is 3.71. The van der Waals surface area contributed by atoms with Crippen LogP contribution < -0.4 is 9.64 Å². The molecular formula is C18H15NO4. The predicted molar refractivity (Wildman–Crippen MR) is 86.2 cm³/mol. The molecule has 1 N–H and O–H groups in total. The number of anilines is 1. The quantitative estimate of drug-likeness (QED) is 0.882. The van der Waals surface area contributed by atoms with Crippen molar-refractivity contribution < 1.29 is 19.4 Å². The van der Waals surface area contributed by atoms with E-state index in [1.165, 1.54) is 7.11 Å². The number of fused-ring (bicyclic) bond motifs is 1. The standard InChI is InChI=1S/C18H15NO4/c1-23-13-7-8-16-14(9-13)15(10-17(20)21)18(22)19(16)11-12-5-3-2-4-6-12/h2-10H,11H2,1H3,(H,20,21). The summed E-state index contributed by atoms with van der Waals surface area (Å²) in [5, 5.41) is 9.04. The van der Waals surface area contributed by atoms with Gasteiger partial charge in [0.25, 0.3) is 5.91 Å². The maximum atomic E-state index is 12.7. The summed E-state index contributed by atoms with van der Waals surface area (Å²) < 4.78 is 5.18. The van der Waals surface area contributed by atoms with Gasteiger partial charge in [-0.1, -0.05) is 30.3 Å². The Bertz CT molecular complexity index is 796. The number of aliphatic carboxylic acids is 1. The van der Waals surface area contributed by atoms with Crippen molar-refractivity contribution in [3.8, 4) is 5.75 Å². The average molecular weight is 309 g/mol. The van der Waals surface area contributed by atoms with Gasteiger partial charge in [0.05, 0.1) is 24.9 Å². The molecule has 2 aromatic rings. The van der Waals surface area contributed by atoms with Crippen LogP contribution in [0, 0.1) is 0 Å². The second-order valence-electron chi connectivity index (χ2n) is 5.16. The topological polar surface area (TPSA) is 66.8 Å². The van der Waals surface area contributed by atoms with E-state index in [1.54, 1.807) is 23.1 Å². The first-order valence-electron chi connectivity index (χ1n) is 7.09. The molecule has 0 spiro atoms. The van der Waals surface area contributed by atoms with Crippen LogP contribution in [0.4, 0.5) is 5.69 Å². The van der Waals surface area contributed by atoms with Gasteiger partial charge in [0.2, 0.25) is 0 Å². The second-order valence-corrected chi connectivity index (χ2v) is 5.16. The first-order valence-corrected chi connectivity index (χ1v) is 7.09. The van der Waals surface area contributed by atoms with Crippen molar-refractivity contribution in [1.29, 1.82) is 0 Å². The molecule has 0 unspecified atom stereocenters. The Balaban J connectivity index is 2.06. The number of rotatable bonds is 4. The third-order valence-corrected chi connectivity index (χ3v) is 3.71. The maximum absolute atomic E-state index is 12.7. The molecule has 5 nitrogen and oxygen atoms in total. The zero-order valence-electron chi connectivity index (χ0n) is 12.5. The summed E-state index contributed by atoms with van der Waals surface area (Å²) in [6, 6.07) is 14.8. The van der Waals surface area contributed by atoms with Crippen molar-refractivity contribution >= 4 is 23.1 Å². The number of benzene rings is 2. The number of carboxylic acid groups (broad SMARTS) is 1. The zero-order valence-corrected chi connectivity index (χ0v) is 12.5. The lowest BCUT2D eigenvalue weighted by molar-refractivity contribution is -0.131. The summed E-state index contributed by atoms with van der Waals surface area (Å²) in [6.45, 7) is 0.385. The molecule has 0 aromatic heterocycles. The fourth-order valence-corrected chi connectivity index (χ4v) is 2.65. The minimum atomic E-state index is -1.15. The van der Waals surface area contributed by atoms with E-state index in [1.807, 2.05) is 30.3 Å². The van der Waals surface area contributed by atoms with Crippen molar-refractivity contribution in [2.75, 3.05) is 12.0 Å². The van der Waals surface area contributed by atoms with Crippen molar-refractivity contribution in [1.82, 2.24) is 0 Å². The fraction of sp³-hybridized carbons (Fsp3) is 0.111. The number of ether oxygens (including phenoxy) is 1. The van der Waals surface area contributed by atoms with Gasteiger partial charge in [0, 0.05) is 11.6 Å². The van der Waals surface area contributed by atoms with Gasteiger partial charge in [-0.25, -0.2) is 4.79 Å². The number of nitrogens with zero attached hydrogens (tertiary/aromatic N) is 1. The zero-order chi connectivity index (χ0) is 16.4. The van der Waals surface area contributed by atoms with E-state index < -0.39 is 5.97 Å². The van der Waals surface area contributed by atoms with E-state index in [0.717, 1.165) is 11.6 Å². The second kappa shape index (κ2) is 5.96. The highest BCUT2D eigenvalue weighted by molar-refractivity contribution is 6.34. The van der Waals surface area contributed by atoms with Gasteiger partial charge in [-0.15, -0.1) is 0 Å². The molecule has 0 saturated heterocycles. The summed E-state index contributed by atoms with van der Waals surface area (Å²) in [5.74, 6) is -0.891. The number of hydrogen-bond donors (Lipinski definition) is 1. The molecule has 0 radical (unpaired) electrons. The van der Waals surface area contributed by atoms with Crippen molar-refractivity contribution in [3.05, 3.63) is 65.7 Å². The van der Waals surface area contributed by atoms with Crippen molar-refractivity contribution in [2.45, 2.75) is 6.54 Å². The molecule has 3 rings (SSSR count). The monoisotopic (exact) mass is 309 g/mol. The summed E-state index contributed by atoms with van der Waals surface area (Å²) >= 11 is 0. The van der Waals surface area contributed by atoms with Gasteiger partial charge in [0.15, 0.2) is 0 Å². The molecule has 1 heterocycles. The molecule has 0 atom stereocenters. The van der Waals surface area contributed by atoms with Crippen LogP contribution in [0.15, 0.2) is 54.6 Å². The molecule has 2 aromatic carbocycles. The molecule has 1 aliphatic rings. The van der Waals surface area contributed by atoms with Crippen LogP contribution in [-0.4, -0.2) is 24.1 Å². The summed E-state index contributed by atoms with van der Waals surface area (Å²) in [5.41, 5.74) is 2.40. The van der Waals surface area contributed by atoms with E-state index in [4.69, 9.17) is 9.84 Å². The predicted octanol–water partition coefficient (Wildman–Crippen LogP) is 2.71. The van der Waals surface area contributed by atoms with Crippen LogP contribution in [0.3, 0.4) is 0 Å². The van der Waals surface area contributed by atoms with Crippen LogP contribution in [-0.2, 0) is 16.1 Å². The molecule has 23 heavy (non-hydrogen) atoms. The third kappa shape index (κ3) is 2.81. The fourth-order valence-electron chi connectivity index (χ4n) is 2.65. The average Bonchev–Trinajstić information content (AvgIpc) is 2.80. The van der Waals surface area contributed by atoms with Gasteiger partial charge < -0.3 is 14.7 Å². The smallest absolute Gasteiger partial charge is 0.329 e. The van der Waals surface area contributed by atoms with Gasteiger partial charge in [-0.3, -0.25) is 4.79 Å². The van der Waals surface area contributed by atoms with E-state index in [-0.39, 0.29) is 11.5 Å². The van der Waals surface area contributed by atoms with Gasteiger partial charge in [0.1, 0.15) is 5.75 Å². The summed E-state index contributed by atoms with van der Waals surface area (Å²) in [4.78, 5) is 25.3. The normalized spacial score (nSPS) is 14.9. The first kappa shape index (κ1) is 14.8. The Labute approximate surface area is 133 Å². The van der Waals surface area contributed by atoms with Crippen LogP contribution in [0.2, 0.25) is 0 Å². The Morgan fingerprint density at radius 2 is 1.96 bits per heavy atom. The van der Waals surface area contributed by atoms with Crippen molar-refractivity contribution in [3.63, 3.8) is 0 Å². The Hall–Kier alpha value is -3.08. The largest absolute Gasteiger partial charge is 0.497 e. The van der Waals surface area contributed by atoms with E-state index in [9.17, 15) is 9.59 Å². The van der Waals surface area contributed by atoms with Crippen LogP contribution >= 0.6 is 0 Å². The molecule has 0 fully saturated rings. The number of carboxylic acids is 1. The van der Waals surface area contributed by atoms with Crippen LogP contribution in [0.5, 0.6) is 5.75 Å². The Morgan fingerprint density at radius 1 is 1.22 bits per heavy atom. The molecule has 0 aliphatic carbocycles. The lowest BCUT2D eigenvalue weighted by Crippen LogP contribution is -2.25. The number of methoxy groups -OCH3 is 1. The van der Waals surface area contributed by atoms with Gasteiger partial charge in [-0.2, -0.15) is 0 Å². The first-order chi connectivity index (χ1) is 11.1. The highest BCUT2D eigenvalue weighted by Crippen LogP contribution is 2.39. The number of carbonyl (C=O) groups excluding carboxylic acids is 1. The van der Waals surface area contributed by atoms with Crippen LogP contribution in [0.25, 0.3) is 5.57 Å². The van der Waals surface area contributed by atoms with E-state index in [2.05, 4.69) is 0 Å². The number of hydrogen-bond acceptors (Lipinski definition) is 3. The highest BCUT2D eigenvalue weighted by atomic mass is 16.5. The minimum Gasteiger partial charge on any atom is -0.497 e. The number of carbonyl (C=O) groups is 2. The Morgan fingerprint density at radius 3 is 2.61 bits per heavy atom. The Kier molecular flexibility index (Phi) is 3.85. The molecule has 1 amide bonds. The molecule has 116 valence electrons. The lowest BCUT2D eigenvalue weighted by atomic mass is 10.1. The molecule has 0 saturated carbocycles. The van der Waals surface area contributed by atoms with E-state index in [0.29, 0.717) is 23.5 Å². The minimum absolute atomic E-state index is 0.169. The lowest BCUT2D eigenvalue weighted by Gasteiger charge is -2.17. The summed E-state index contributed by atoms with van der Waals surface area (Å²) in [6.07, 6.45) is 0.950. The maximum Gasteiger partial charge on any atom is 0.329 e. The summed E-state index contributed by atoms with van der Waals surface area (Å²) in [7, 11) is 1.53. The van der Waals surface area contributed by atoms with E-state index >= 15 is 0 Å². The van der Waals surface area contributed by atoms with Gasteiger partial charge in [-0.05, 0) is 23.8 Å². The van der Waals surface area contributed by atoms with Crippen LogP contribution in [0.1, 0.15) is 11.1 Å². The molecule has 0 bridgehead atoms. The van der Waals surface area contributed by atoms with Gasteiger partial charge >= 0.3 is 5.97 Å².